The standard InChI is InChI=1S/C58H100F4O2/c1-3-5-7-9-38-63-53-36-34-51(55(59)57(53)61)47-30-22-43(23-31-47)16-14-41-18-26-45(27-19-41)49-12-11-13-50(40-49)46-28-20-42(21-29-46)15-17-44-24-32-48(33-25-44)52-35-37-54(58(62)56(52)60)64-39-10-8-6-4-2/h41-58H,3-40H2,1-2H3. The van der Waals surface area contributed by atoms with Gasteiger partial charge in [-0.25, -0.2) is 17.6 Å². The Morgan fingerprint density at radius 1 is 0.328 bits per heavy atom. The zero-order chi connectivity index (χ0) is 44.7. The van der Waals surface area contributed by atoms with Crippen molar-refractivity contribution in [2.75, 3.05) is 13.2 Å². The molecule has 7 aliphatic carbocycles. The highest BCUT2D eigenvalue weighted by Crippen LogP contribution is 2.50. The Balaban J connectivity index is 0.715. The van der Waals surface area contributed by atoms with Gasteiger partial charge in [-0.3, -0.25) is 0 Å². The highest BCUT2D eigenvalue weighted by atomic mass is 19.2. The van der Waals surface area contributed by atoms with Crippen molar-refractivity contribution in [1.29, 1.82) is 0 Å². The summed E-state index contributed by atoms with van der Waals surface area (Å²) < 4.78 is 72.8. The summed E-state index contributed by atoms with van der Waals surface area (Å²) in [6.45, 7) is 5.54. The molecule has 64 heavy (non-hydrogen) atoms. The molecule has 0 amide bonds. The monoisotopic (exact) mass is 905 g/mol. The van der Waals surface area contributed by atoms with Crippen molar-refractivity contribution in [1.82, 2.24) is 0 Å². The van der Waals surface area contributed by atoms with Gasteiger partial charge in [0.1, 0.15) is 12.3 Å². The van der Waals surface area contributed by atoms with E-state index in [-0.39, 0.29) is 11.8 Å². The lowest BCUT2D eigenvalue weighted by Gasteiger charge is -2.43. The second-order valence-corrected chi connectivity index (χ2v) is 24.2. The molecule has 372 valence electrons. The van der Waals surface area contributed by atoms with E-state index in [0.717, 1.165) is 112 Å². The normalized spacial score (nSPS) is 42.7. The fourth-order valence-electron chi connectivity index (χ4n) is 15.9. The van der Waals surface area contributed by atoms with E-state index in [2.05, 4.69) is 13.8 Å². The lowest BCUT2D eigenvalue weighted by molar-refractivity contribution is -0.0881. The van der Waals surface area contributed by atoms with E-state index in [9.17, 15) is 0 Å². The first-order chi connectivity index (χ1) is 31.3. The van der Waals surface area contributed by atoms with Crippen LogP contribution in [0.2, 0.25) is 0 Å². The Hall–Kier alpha value is -0.360. The Labute approximate surface area is 391 Å². The van der Waals surface area contributed by atoms with Gasteiger partial charge >= 0.3 is 0 Å². The van der Waals surface area contributed by atoms with E-state index < -0.39 is 36.9 Å². The second kappa shape index (κ2) is 27.1. The third-order valence-corrected chi connectivity index (χ3v) is 20.2. The molecular formula is C58H100F4O2. The highest BCUT2D eigenvalue weighted by Gasteiger charge is 2.46. The Kier molecular flexibility index (Phi) is 21.8. The lowest BCUT2D eigenvalue weighted by Crippen LogP contribution is -2.45. The fraction of sp³-hybridized carbons (Fsp3) is 1.00. The van der Waals surface area contributed by atoms with Crippen LogP contribution in [0.5, 0.6) is 0 Å². The van der Waals surface area contributed by atoms with Crippen molar-refractivity contribution in [2.45, 2.75) is 282 Å². The van der Waals surface area contributed by atoms with Gasteiger partial charge in [0, 0.05) is 13.2 Å². The summed E-state index contributed by atoms with van der Waals surface area (Å²) in [6, 6.07) is 0. The first-order valence-electron chi connectivity index (χ1n) is 29.1. The maximum Gasteiger partial charge on any atom is 0.157 e. The predicted octanol–water partition coefficient (Wildman–Crippen LogP) is 17.7. The summed E-state index contributed by atoms with van der Waals surface area (Å²) in [4.78, 5) is 0. The van der Waals surface area contributed by atoms with Gasteiger partial charge in [-0.15, -0.1) is 0 Å². The van der Waals surface area contributed by atoms with Crippen LogP contribution in [-0.4, -0.2) is 50.1 Å². The number of hydrogen-bond acceptors (Lipinski definition) is 2. The molecule has 0 aromatic rings. The number of alkyl halides is 4. The van der Waals surface area contributed by atoms with Gasteiger partial charge in [-0.05, 0) is 167 Å². The average Bonchev–Trinajstić information content (AvgIpc) is 3.33. The zero-order valence-corrected chi connectivity index (χ0v) is 41.6. The summed E-state index contributed by atoms with van der Waals surface area (Å²) in [5.41, 5.74) is 0. The van der Waals surface area contributed by atoms with Gasteiger partial charge in [-0.1, -0.05) is 149 Å². The van der Waals surface area contributed by atoms with Crippen molar-refractivity contribution in [3.05, 3.63) is 0 Å². The van der Waals surface area contributed by atoms with Gasteiger partial charge in [0.25, 0.3) is 0 Å². The minimum atomic E-state index is -1.44. The van der Waals surface area contributed by atoms with Crippen molar-refractivity contribution in [3.8, 4) is 0 Å². The van der Waals surface area contributed by atoms with Gasteiger partial charge in [0.2, 0.25) is 0 Å². The van der Waals surface area contributed by atoms with Crippen LogP contribution in [-0.2, 0) is 9.47 Å². The molecule has 0 aromatic carbocycles. The highest BCUT2D eigenvalue weighted by molar-refractivity contribution is 4.95. The zero-order valence-electron chi connectivity index (χ0n) is 41.6. The molecule has 0 heterocycles. The molecule has 0 N–H and O–H groups in total. The molecule has 7 fully saturated rings. The Bertz CT molecular complexity index is 1140. The van der Waals surface area contributed by atoms with Gasteiger partial charge in [-0.2, -0.15) is 0 Å². The number of ether oxygens (including phenoxy) is 2. The summed E-state index contributed by atoms with van der Waals surface area (Å²) in [5.74, 6) is 7.89. The van der Waals surface area contributed by atoms with Crippen molar-refractivity contribution < 1.29 is 27.0 Å². The quantitative estimate of drug-likeness (QED) is 0.0796. The van der Waals surface area contributed by atoms with Crippen LogP contribution >= 0.6 is 0 Å². The van der Waals surface area contributed by atoms with Crippen LogP contribution in [0.4, 0.5) is 17.6 Å². The van der Waals surface area contributed by atoms with Crippen molar-refractivity contribution in [3.63, 3.8) is 0 Å². The van der Waals surface area contributed by atoms with E-state index in [0.29, 0.717) is 37.9 Å². The van der Waals surface area contributed by atoms with E-state index in [4.69, 9.17) is 9.47 Å². The van der Waals surface area contributed by atoms with E-state index in [1.165, 1.54) is 154 Å². The van der Waals surface area contributed by atoms with E-state index in [1.54, 1.807) is 0 Å². The lowest BCUT2D eigenvalue weighted by atomic mass is 9.63. The fourth-order valence-corrected chi connectivity index (χ4v) is 15.9. The van der Waals surface area contributed by atoms with Crippen LogP contribution in [0.3, 0.4) is 0 Å². The van der Waals surface area contributed by atoms with Crippen molar-refractivity contribution in [2.24, 2.45) is 71.0 Å². The second-order valence-electron chi connectivity index (χ2n) is 24.2. The van der Waals surface area contributed by atoms with Crippen LogP contribution in [0, 0.1) is 71.0 Å². The van der Waals surface area contributed by atoms with Crippen molar-refractivity contribution >= 4 is 0 Å². The number of halogens is 4. The molecule has 0 bridgehead atoms. The van der Waals surface area contributed by atoms with Crippen LogP contribution in [0.15, 0.2) is 0 Å². The summed E-state index contributed by atoms with van der Waals surface area (Å²) in [5, 5.41) is 0. The smallest absolute Gasteiger partial charge is 0.157 e. The van der Waals surface area contributed by atoms with Crippen LogP contribution in [0.25, 0.3) is 0 Å². The molecule has 10 unspecified atom stereocenters. The average molecular weight is 905 g/mol. The Morgan fingerprint density at radius 3 is 1.02 bits per heavy atom. The minimum absolute atomic E-state index is 0.0944. The molecule has 7 aliphatic rings. The molecule has 0 saturated heterocycles. The first-order valence-corrected chi connectivity index (χ1v) is 29.1. The molecule has 0 radical (unpaired) electrons. The SMILES string of the molecule is CCCCCCOC1CCC(C2CCC(CCC3CCC(C4CCCC(C5CCC(CCC6CCC(C7CCC(OCCCCCC)C(F)C7F)CC6)CC5)C4)CC3)CC2)C(F)C1F. The van der Waals surface area contributed by atoms with Gasteiger partial charge in [0.05, 0.1) is 12.2 Å². The summed E-state index contributed by atoms with van der Waals surface area (Å²) >= 11 is 0. The number of unbranched alkanes of at least 4 members (excludes halogenated alkanes) is 6. The maximum absolute atomic E-state index is 15.4. The molecule has 0 spiro atoms. The molecule has 0 aromatic heterocycles. The molecule has 0 aliphatic heterocycles. The minimum Gasteiger partial charge on any atom is -0.375 e. The Morgan fingerprint density at radius 2 is 0.672 bits per heavy atom. The molecule has 7 saturated carbocycles. The van der Waals surface area contributed by atoms with Gasteiger partial charge in [0.15, 0.2) is 12.3 Å². The third-order valence-electron chi connectivity index (χ3n) is 20.2. The number of hydrogen-bond donors (Lipinski definition) is 0. The molecule has 6 heteroatoms. The largest absolute Gasteiger partial charge is 0.375 e. The topological polar surface area (TPSA) is 18.5 Å². The number of rotatable bonds is 22. The van der Waals surface area contributed by atoms with Gasteiger partial charge < -0.3 is 9.47 Å². The van der Waals surface area contributed by atoms with Crippen LogP contribution in [0.1, 0.15) is 245 Å². The van der Waals surface area contributed by atoms with E-state index >= 15 is 17.6 Å². The molecule has 2 nitrogen and oxygen atoms in total. The predicted molar refractivity (Wildman–Crippen MR) is 259 cm³/mol. The van der Waals surface area contributed by atoms with Crippen LogP contribution < -0.4 is 0 Å². The first kappa shape index (κ1) is 51.5. The molecular weight excluding hydrogens is 805 g/mol. The third kappa shape index (κ3) is 14.8. The molecule has 10 atom stereocenters. The van der Waals surface area contributed by atoms with E-state index in [1.807, 2.05) is 0 Å². The maximum atomic E-state index is 15.4. The summed E-state index contributed by atoms with van der Waals surface area (Å²) in [7, 11) is 0. The summed E-state index contributed by atoms with van der Waals surface area (Å²) in [6.07, 6.45) is 37.8. The molecule has 7 rings (SSSR count).